The molecule has 2 heterocycles. The van der Waals surface area contributed by atoms with Crippen molar-refractivity contribution in [3.63, 3.8) is 0 Å². The number of carbonyl (C=O) groups excluding carboxylic acids is 2. The van der Waals surface area contributed by atoms with Crippen LogP contribution in [-0.4, -0.2) is 68.5 Å². The molecule has 1 aliphatic heterocycles. The maximum atomic E-state index is 12.8. The Balaban J connectivity index is 2.26. The minimum absolute atomic E-state index is 0.0986. The van der Waals surface area contributed by atoms with Crippen molar-refractivity contribution >= 4 is 12.0 Å². The topological polar surface area (TPSA) is 87.9 Å². The summed E-state index contributed by atoms with van der Waals surface area (Å²) in [6, 6.07) is 0. The fraction of sp³-hybridized carbons (Fsp3) is 0.706. The van der Waals surface area contributed by atoms with Crippen molar-refractivity contribution in [3.8, 4) is 0 Å². The van der Waals surface area contributed by atoms with E-state index in [1.165, 1.54) is 0 Å². The minimum atomic E-state index is -0.564. The highest BCUT2D eigenvalue weighted by Crippen LogP contribution is 2.24. The minimum Gasteiger partial charge on any atom is -0.444 e. The quantitative estimate of drug-likeness (QED) is 0.879. The van der Waals surface area contributed by atoms with Gasteiger partial charge in [0.2, 0.25) is 0 Å². The third-order valence-electron chi connectivity index (χ3n) is 4.14. The maximum absolute atomic E-state index is 12.8. The predicted octanol–water partition coefficient (Wildman–Crippen LogP) is 1.17. The van der Waals surface area contributed by atoms with Gasteiger partial charge in [-0.3, -0.25) is 9.48 Å². The molecule has 0 atom stereocenters. The second-order valence-corrected chi connectivity index (χ2v) is 7.16. The van der Waals surface area contributed by atoms with Crippen LogP contribution in [0, 0.1) is 0 Å². The molecule has 1 aliphatic rings. The zero-order valence-electron chi connectivity index (χ0n) is 15.7. The van der Waals surface area contributed by atoms with E-state index in [1.54, 1.807) is 21.5 Å². The van der Waals surface area contributed by atoms with E-state index >= 15 is 0 Å². The van der Waals surface area contributed by atoms with Gasteiger partial charge in [-0.1, -0.05) is 0 Å². The van der Waals surface area contributed by atoms with Crippen molar-refractivity contribution in [2.45, 2.75) is 46.3 Å². The van der Waals surface area contributed by atoms with E-state index in [2.05, 4.69) is 5.10 Å². The average Bonchev–Trinajstić information content (AvgIpc) is 2.87. The SMILES string of the molecule is CCN(CCO)C(=O)c1nn(C)c2c1CN(C(=O)OC(C)(C)C)CC2. The molecule has 1 aromatic rings. The number of hydrogen-bond acceptors (Lipinski definition) is 5. The fourth-order valence-corrected chi connectivity index (χ4v) is 2.92. The lowest BCUT2D eigenvalue weighted by molar-refractivity contribution is 0.0221. The fourth-order valence-electron chi connectivity index (χ4n) is 2.92. The van der Waals surface area contributed by atoms with Gasteiger partial charge in [-0.05, 0) is 27.7 Å². The average molecular weight is 352 g/mol. The number of aliphatic hydroxyl groups excluding tert-OH is 1. The number of nitrogens with zero attached hydrogens (tertiary/aromatic N) is 4. The first-order valence-electron chi connectivity index (χ1n) is 8.60. The van der Waals surface area contributed by atoms with Crippen molar-refractivity contribution in [1.29, 1.82) is 0 Å². The van der Waals surface area contributed by atoms with Gasteiger partial charge in [-0.25, -0.2) is 4.79 Å². The van der Waals surface area contributed by atoms with E-state index in [4.69, 9.17) is 9.84 Å². The summed E-state index contributed by atoms with van der Waals surface area (Å²) in [5.74, 6) is -0.223. The number of rotatable bonds is 4. The number of aromatic nitrogens is 2. The molecule has 0 spiro atoms. The van der Waals surface area contributed by atoms with Gasteiger partial charge >= 0.3 is 6.09 Å². The standard InChI is InChI=1S/C17H28N4O4/c1-6-20(9-10-22)15(23)14-12-11-21(16(24)25-17(2,3)4)8-7-13(12)19(5)18-14/h22H,6-11H2,1-5H3. The molecule has 8 heteroatoms. The first kappa shape index (κ1) is 19.2. The number of aliphatic hydroxyl groups is 1. The lowest BCUT2D eigenvalue weighted by atomic mass is 10.0. The van der Waals surface area contributed by atoms with Crippen LogP contribution in [-0.2, 0) is 24.8 Å². The molecule has 1 N–H and O–H groups in total. The highest BCUT2D eigenvalue weighted by Gasteiger charge is 2.32. The van der Waals surface area contributed by atoms with Crippen molar-refractivity contribution < 1.29 is 19.4 Å². The summed E-state index contributed by atoms with van der Waals surface area (Å²) in [6.07, 6.45) is 0.236. The lowest BCUT2D eigenvalue weighted by Crippen LogP contribution is -2.41. The summed E-state index contributed by atoms with van der Waals surface area (Å²) in [5.41, 5.74) is 1.51. The molecule has 0 saturated heterocycles. The summed E-state index contributed by atoms with van der Waals surface area (Å²) in [7, 11) is 1.81. The molecule has 0 radical (unpaired) electrons. The van der Waals surface area contributed by atoms with Crippen LogP contribution in [0.25, 0.3) is 0 Å². The molecule has 0 bridgehead atoms. The largest absolute Gasteiger partial charge is 0.444 e. The summed E-state index contributed by atoms with van der Waals surface area (Å²) in [4.78, 5) is 28.3. The maximum Gasteiger partial charge on any atom is 0.410 e. The van der Waals surface area contributed by atoms with Crippen molar-refractivity contribution in [2.75, 3.05) is 26.2 Å². The van der Waals surface area contributed by atoms with E-state index < -0.39 is 5.60 Å². The Hall–Kier alpha value is -2.09. The monoisotopic (exact) mass is 352 g/mol. The van der Waals surface area contributed by atoms with E-state index in [9.17, 15) is 9.59 Å². The molecule has 1 aromatic heterocycles. The van der Waals surface area contributed by atoms with E-state index in [1.807, 2.05) is 27.7 Å². The third-order valence-corrected chi connectivity index (χ3v) is 4.14. The predicted molar refractivity (Wildman–Crippen MR) is 92.2 cm³/mol. The van der Waals surface area contributed by atoms with Gasteiger partial charge in [0.05, 0.1) is 13.2 Å². The number of aryl methyl sites for hydroxylation is 1. The van der Waals surface area contributed by atoms with Crippen LogP contribution in [0.1, 0.15) is 49.4 Å². The molecule has 2 rings (SSSR count). The van der Waals surface area contributed by atoms with Gasteiger partial charge < -0.3 is 19.6 Å². The van der Waals surface area contributed by atoms with Gasteiger partial charge in [0.15, 0.2) is 5.69 Å². The van der Waals surface area contributed by atoms with Gasteiger partial charge in [0, 0.05) is 44.4 Å². The number of amides is 2. The third kappa shape index (κ3) is 4.31. The Morgan fingerprint density at radius 3 is 2.60 bits per heavy atom. The Labute approximate surface area is 148 Å². The van der Waals surface area contributed by atoms with Crippen molar-refractivity contribution in [3.05, 3.63) is 17.0 Å². The molecule has 8 nitrogen and oxygen atoms in total. The zero-order valence-corrected chi connectivity index (χ0v) is 15.7. The number of likely N-dealkylation sites (N-methyl/N-ethyl adjacent to an activating group) is 1. The first-order valence-corrected chi connectivity index (χ1v) is 8.60. The molecule has 0 aromatic carbocycles. The summed E-state index contributed by atoms with van der Waals surface area (Å²) >= 11 is 0. The summed E-state index contributed by atoms with van der Waals surface area (Å²) in [6.45, 7) is 8.82. The first-order chi connectivity index (χ1) is 11.7. The van der Waals surface area contributed by atoms with Crippen LogP contribution in [0.3, 0.4) is 0 Å². The number of hydrogen-bond donors (Lipinski definition) is 1. The lowest BCUT2D eigenvalue weighted by Gasteiger charge is -2.30. The Kier molecular flexibility index (Phi) is 5.72. The molecule has 2 amide bonds. The van der Waals surface area contributed by atoms with Crippen LogP contribution in [0.5, 0.6) is 0 Å². The van der Waals surface area contributed by atoms with Crippen LogP contribution in [0.4, 0.5) is 4.79 Å². The van der Waals surface area contributed by atoms with E-state index in [-0.39, 0.29) is 25.2 Å². The Morgan fingerprint density at radius 2 is 2.04 bits per heavy atom. The van der Waals surface area contributed by atoms with Crippen molar-refractivity contribution in [1.82, 2.24) is 19.6 Å². The number of fused-ring (bicyclic) bond motifs is 1. The highest BCUT2D eigenvalue weighted by molar-refractivity contribution is 5.94. The van der Waals surface area contributed by atoms with Gasteiger partial charge in [0.25, 0.3) is 5.91 Å². The van der Waals surface area contributed by atoms with E-state index in [0.29, 0.717) is 31.7 Å². The van der Waals surface area contributed by atoms with Crippen LogP contribution >= 0.6 is 0 Å². The highest BCUT2D eigenvalue weighted by atomic mass is 16.6. The Morgan fingerprint density at radius 1 is 1.36 bits per heavy atom. The number of ether oxygens (including phenoxy) is 1. The molecule has 0 aliphatic carbocycles. The zero-order chi connectivity index (χ0) is 18.8. The second-order valence-electron chi connectivity index (χ2n) is 7.16. The van der Waals surface area contributed by atoms with Gasteiger partial charge in [-0.15, -0.1) is 0 Å². The number of carbonyl (C=O) groups is 2. The van der Waals surface area contributed by atoms with Crippen LogP contribution in [0.2, 0.25) is 0 Å². The molecule has 0 fully saturated rings. The second kappa shape index (κ2) is 7.43. The normalized spacial score (nSPS) is 14.2. The molecular weight excluding hydrogens is 324 g/mol. The smallest absolute Gasteiger partial charge is 0.410 e. The van der Waals surface area contributed by atoms with Gasteiger partial charge in [-0.2, -0.15) is 5.10 Å². The van der Waals surface area contributed by atoms with Gasteiger partial charge in [0.1, 0.15) is 5.60 Å². The summed E-state index contributed by atoms with van der Waals surface area (Å²) < 4.78 is 7.15. The van der Waals surface area contributed by atoms with E-state index in [0.717, 1.165) is 11.3 Å². The summed E-state index contributed by atoms with van der Waals surface area (Å²) in [5, 5.41) is 13.5. The molecule has 140 valence electrons. The molecular formula is C17H28N4O4. The van der Waals surface area contributed by atoms with Crippen molar-refractivity contribution in [2.24, 2.45) is 7.05 Å². The van der Waals surface area contributed by atoms with Crippen LogP contribution < -0.4 is 0 Å². The Bertz CT molecular complexity index is 648. The molecule has 0 unspecified atom stereocenters. The molecule has 0 saturated carbocycles. The molecule has 25 heavy (non-hydrogen) atoms. The van der Waals surface area contributed by atoms with Crippen LogP contribution in [0.15, 0.2) is 0 Å².